The summed E-state index contributed by atoms with van der Waals surface area (Å²) >= 11 is 6.28. The summed E-state index contributed by atoms with van der Waals surface area (Å²) in [6, 6.07) is 13.0. The van der Waals surface area contributed by atoms with Crippen LogP contribution in [-0.4, -0.2) is 41.9 Å². The lowest BCUT2D eigenvalue weighted by Crippen LogP contribution is -2.19. The maximum Gasteiger partial charge on any atom is 0.371 e. The number of aryl methyl sites for hydroxylation is 1. The first-order valence-corrected chi connectivity index (χ1v) is 11.2. The van der Waals surface area contributed by atoms with Crippen molar-refractivity contribution in [3.05, 3.63) is 69.9 Å². The van der Waals surface area contributed by atoms with Gasteiger partial charge in [0.2, 0.25) is 0 Å². The van der Waals surface area contributed by atoms with Gasteiger partial charge >= 0.3 is 5.97 Å². The summed E-state index contributed by atoms with van der Waals surface area (Å²) in [5.74, 6) is 0.508. The molecule has 1 fully saturated rings. The summed E-state index contributed by atoms with van der Waals surface area (Å²) in [6.45, 7) is 6.43. The Morgan fingerprint density at radius 2 is 1.97 bits per heavy atom. The monoisotopic (exact) mass is 467 g/mol. The number of hydrogen-bond donors (Lipinski definition) is 0. The highest BCUT2D eigenvalue weighted by molar-refractivity contribution is 6.33. The van der Waals surface area contributed by atoms with E-state index >= 15 is 0 Å². The van der Waals surface area contributed by atoms with Crippen molar-refractivity contribution in [3.63, 3.8) is 0 Å². The first-order chi connectivity index (χ1) is 16.0. The van der Waals surface area contributed by atoms with Gasteiger partial charge in [-0.25, -0.2) is 4.79 Å². The molecule has 0 saturated carbocycles. The molecule has 172 valence electrons. The highest BCUT2D eigenvalue weighted by Crippen LogP contribution is 2.31. The van der Waals surface area contributed by atoms with Crippen LogP contribution >= 0.6 is 11.6 Å². The number of rotatable bonds is 7. The van der Waals surface area contributed by atoms with Crippen LogP contribution in [0.1, 0.15) is 47.0 Å². The summed E-state index contributed by atoms with van der Waals surface area (Å²) in [5, 5.41) is 8.55. The minimum Gasteiger partial charge on any atom is -0.496 e. The van der Waals surface area contributed by atoms with Crippen LogP contribution in [0.4, 0.5) is 0 Å². The van der Waals surface area contributed by atoms with Crippen LogP contribution in [-0.2, 0) is 11.4 Å². The number of halogens is 1. The smallest absolute Gasteiger partial charge is 0.371 e. The average Bonchev–Trinajstić information content (AvgIpc) is 3.47. The predicted octanol–water partition coefficient (Wildman–Crippen LogP) is 5.49. The molecular formula is C25H26ClN3O4. The fraction of sp³-hybridized carbons (Fsp3) is 0.320. The quantitative estimate of drug-likeness (QED) is 0.260. The zero-order chi connectivity index (χ0) is 23.4. The van der Waals surface area contributed by atoms with E-state index in [2.05, 4.69) is 15.2 Å². The lowest BCUT2D eigenvalue weighted by molar-refractivity contribution is 0.0515. The predicted molar refractivity (Wildman–Crippen MR) is 127 cm³/mol. The molecule has 3 aromatic rings. The number of oxime groups is 1. The highest BCUT2D eigenvalue weighted by atomic mass is 35.5. The van der Waals surface area contributed by atoms with Crippen molar-refractivity contribution >= 4 is 23.3 Å². The van der Waals surface area contributed by atoms with Crippen LogP contribution in [0.2, 0.25) is 5.02 Å². The molecule has 1 saturated heterocycles. The Kier molecular flexibility index (Phi) is 7.11. The van der Waals surface area contributed by atoms with E-state index in [1.54, 1.807) is 39.2 Å². The Bertz CT molecular complexity index is 1180. The molecule has 0 unspecified atom stereocenters. The molecule has 2 heterocycles. The molecule has 0 bridgehead atoms. The number of nitrogens with zero attached hydrogens (tertiary/aromatic N) is 3. The van der Waals surface area contributed by atoms with E-state index in [0.29, 0.717) is 27.8 Å². The summed E-state index contributed by atoms with van der Waals surface area (Å²) in [6.07, 6.45) is 2.44. The van der Waals surface area contributed by atoms with Crippen LogP contribution in [0.5, 0.6) is 5.75 Å². The molecule has 33 heavy (non-hydrogen) atoms. The molecule has 1 aliphatic heterocycles. The van der Waals surface area contributed by atoms with E-state index < -0.39 is 5.97 Å². The summed E-state index contributed by atoms with van der Waals surface area (Å²) in [4.78, 5) is 20.5. The van der Waals surface area contributed by atoms with Crippen molar-refractivity contribution in [1.82, 2.24) is 10.1 Å². The van der Waals surface area contributed by atoms with Crippen molar-refractivity contribution < 1.29 is 18.9 Å². The second-order valence-electron chi connectivity index (χ2n) is 8.01. The maximum atomic E-state index is 12.9. The lowest BCUT2D eigenvalue weighted by atomic mass is 10.1. The third-order valence-electron chi connectivity index (χ3n) is 5.75. The van der Waals surface area contributed by atoms with E-state index in [9.17, 15) is 4.79 Å². The SMILES string of the molecule is COc1ccc(/C(C)=N/OC(=O)c2c(-c3ccccc3Cl)noc2C)cc1CN1CCCC1. The van der Waals surface area contributed by atoms with Crippen LogP contribution in [0.3, 0.4) is 0 Å². The van der Waals surface area contributed by atoms with Gasteiger partial charge in [-0.05, 0) is 69.6 Å². The number of carbonyl (C=O) groups excluding carboxylic acids is 1. The average molecular weight is 468 g/mol. The van der Waals surface area contributed by atoms with E-state index in [0.717, 1.165) is 36.5 Å². The molecule has 0 atom stereocenters. The minimum atomic E-state index is -0.658. The second-order valence-corrected chi connectivity index (χ2v) is 8.41. The van der Waals surface area contributed by atoms with Gasteiger partial charge in [0.1, 0.15) is 22.8 Å². The fourth-order valence-electron chi connectivity index (χ4n) is 3.97. The number of hydrogen-bond acceptors (Lipinski definition) is 7. The molecule has 0 amide bonds. The van der Waals surface area contributed by atoms with E-state index in [-0.39, 0.29) is 5.56 Å². The third-order valence-corrected chi connectivity index (χ3v) is 6.08. The number of benzene rings is 2. The van der Waals surface area contributed by atoms with Gasteiger partial charge in [0.25, 0.3) is 0 Å². The first kappa shape index (κ1) is 23.0. The topological polar surface area (TPSA) is 77.2 Å². The van der Waals surface area contributed by atoms with E-state index in [1.165, 1.54) is 12.8 Å². The molecule has 8 heteroatoms. The van der Waals surface area contributed by atoms with Crippen molar-refractivity contribution in [2.24, 2.45) is 5.16 Å². The van der Waals surface area contributed by atoms with E-state index in [4.69, 9.17) is 25.7 Å². The Morgan fingerprint density at radius 3 is 2.70 bits per heavy atom. The second kappa shape index (κ2) is 10.2. The van der Waals surface area contributed by atoms with Crippen LogP contribution in [0.25, 0.3) is 11.3 Å². The van der Waals surface area contributed by atoms with Gasteiger partial charge in [-0.15, -0.1) is 0 Å². The number of methoxy groups -OCH3 is 1. The van der Waals surface area contributed by atoms with Crippen molar-refractivity contribution in [2.75, 3.05) is 20.2 Å². The van der Waals surface area contributed by atoms with Crippen molar-refractivity contribution in [3.8, 4) is 17.0 Å². The molecular weight excluding hydrogens is 442 g/mol. The molecule has 2 aromatic carbocycles. The third kappa shape index (κ3) is 5.10. The Labute approximate surface area is 197 Å². The van der Waals surface area contributed by atoms with Gasteiger partial charge in [0.05, 0.1) is 17.8 Å². The van der Waals surface area contributed by atoms with Gasteiger partial charge in [-0.2, -0.15) is 0 Å². The standard InChI is InChI=1S/C25H26ClN3O4/c1-16(18-10-11-22(31-3)19(14-18)15-29-12-6-7-13-29)27-33-25(30)23-17(2)32-28-24(23)20-8-4-5-9-21(20)26/h4-5,8-11,14H,6-7,12-13,15H2,1-3H3/b27-16+. The maximum absolute atomic E-state index is 12.9. The molecule has 7 nitrogen and oxygen atoms in total. The van der Waals surface area contributed by atoms with Crippen LogP contribution < -0.4 is 4.74 Å². The molecule has 0 N–H and O–H groups in total. The van der Waals surface area contributed by atoms with Gasteiger partial charge in [0.15, 0.2) is 0 Å². The molecule has 1 aliphatic rings. The van der Waals surface area contributed by atoms with Crippen LogP contribution in [0, 0.1) is 6.92 Å². The zero-order valence-corrected chi connectivity index (χ0v) is 19.7. The number of carbonyl (C=O) groups is 1. The normalized spacial score (nSPS) is 14.5. The number of aromatic nitrogens is 1. The van der Waals surface area contributed by atoms with Crippen molar-refractivity contribution in [1.29, 1.82) is 0 Å². The number of likely N-dealkylation sites (tertiary alicyclic amines) is 1. The highest BCUT2D eigenvalue weighted by Gasteiger charge is 2.25. The number of ether oxygens (including phenoxy) is 1. The fourth-order valence-corrected chi connectivity index (χ4v) is 4.19. The van der Waals surface area contributed by atoms with Gasteiger partial charge in [-0.3, -0.25) is 4.90 Å². The van der Waals surface area contributed by atoms with Gasteiger partial charge in [0, 0.05) is 17.7 Å². The Hall–Kier alpha value is -3.16. The van der Waals surface area contributed by atoms with Gasteiger partial charge < -0.3 is 14.1 Å². The molecule has 0 radical (unpaired) electrons. The molecule has 4 rings (SSSR count). The van der Waals surface area contributed by atoms with E-state index in [1.807, 2.05) is 24.3 Å². The van der Waals surface area contributed by atoms with Crippen molar-refractivity contribution in [2.45, 2.75) is 33.2 Å². The lowest BCUT2D eigenvalue weighted by Gasteiger charge is -2.17. The minimum absolute atomic E-state index is 0.198. The van der Waals surface area contributed by atoms with Crippen LogP contribution in [0.15, 0.2) is 52.1 Å². The molecule has 1 aromatic heterocycles. The summed E-state index contributed by atoms with van der Waals surface area (Å²) in [7, 11) is 1.67. The first-order valence-electron chi connectivity index (χ1n) is 10.8. The zero-order valence-electron chi connectivity index (χ0n) is 18.9. The summed E-state index contributed by atoms with van der Waals surface area (Å²) < 4.78 is 10.8. The van der Waals surface area contributed by atoms with Gasteiger partial charge in [-0.1, -0.05) is 40.1 Å². The molecule has 0 spiro atoms. The Morgan fingerprint density at radius 1 is 1.21 bits per heavy atom. The molecule has 0 aliphatic carbocycles. The summed E-state index contributed by atoms with van der Waals surface area (Å²) in [5.41, 5.74) is 3.62. The largest absolute Gasteiger partial charge is 0.496 e. The Balaban J connectivity index is 1.55.